The molecule has 0 radical (unpaired) electrons. The van der Waals surface area contributed by atoms with E-state index in [4.69, 9.17) is 0 Å². The minimum Gasteiger partial charge on any atom is -0.326 e. The molecule has 1 unspecified atom stereocenters. The van der Waals surface area contributed by atoms with Crippen molar-refractivity contribution in [2.24, 2.45) is 0 Å². The highest BCUT2D eigenvalue weighted by Crippen LogP contribution is 2.33. The van der Waals surface area contributed by atoms with E-state index in [0.29, 0.717) is 0 Å². The molecule has 0 aromatic heterocycles. The Morgan fingerprint density at radius 3 is 2.54 bits per heavy atom. The summed E-state index contributed by atoms with van der Waals surface area (Å²) in [7, 11) is 0. The van der Waals surface area contributed by atoms with Crippen molar-refractivity contribution in [3.8, 4) is 0 Å². The maximum Gasteiger partial charge on any atom is 0.226 e. The molecule has 1 aliphatic rings. The smallest absolute Gasteiger partial charge is 0.226 e. The molecule has 2 amide bonds. The number of fused-ring (bicyclic) bond motifs is 1. The average molecular weight is 385 g/mol. The van der Waals surface area contributed by atoms with Crippen molar-refractivity contribution in [3.63, 3.8) is 0 Å². The van der Waals surface area contributed by atoms with Crippen LogP contribution in [-0.4, -0.2) is 16.7 Å². The summed E-state index contributed by atoms with van der Waals surface area (Å²) in [6.07, 6.45) is 3.86. The fraction of sp³-hybridized carbons (Fsp3) is 0.158. The SMILES string of the molecule is CC(=O)N1C=Cc2ccccc2C1CC(=O)Nc1ccc(Br)cc1. The van der Waals surface area contributed by atoms with E-state index in [9.17, 15) is 9.59 Å². The molecular formula is C19H17BrN2O2. The summed E-state index contributed by atoms with van der Waals surface area (Å²) >= 11 is 3.37. The predicted octanol–water partition coefficient (Wildman–Crippen LogP) is 4.35. The highest BCUT2D eigenvalue weighted by molar-refractivity contribution is 9.10. The Hall–Kier alpha value is -2.40. The molecule has 1 aliphatic heterocycles. The van der Waals surface area contributed by atoms with Crippen molar-refractivity contribution in [1.82, 2.24) is 4.90 Å². The minimum absolute atomic E-state index is 0.0813. The van der Waals surface area contributed by atoms with Crippen LogP contribution in [0, 0.1) is 0 Å². The largest absolute Gasteiger partial charge is 0.326 e. The fourth-order valence-corrected chi connectivity index (χ4v) is 3.10. The summed E-state index contributed by atoms with van der Waals surface area (Å²) in [6.45, 7) is 1.51. The molecule has 0 fully saturated rings. The van der Waals surface area contributed by atoms with E-state index in [1.54, 1.807) is 11.1 Å². The van der Waals surface area contributed by atoms with Gasteiger partial charge in [-0.05, 0) is 41.5 Å². The Bertz CT molecular complexity index is 799. The Balaban J connectivity index is 1.80. The van der Waals surface area contributed by atoms with Crippen LogP contribution < -0.4 is 5.32 Å². The molecule has 0 aliphatic carbocycles. The molecule has 1 N–H and O–H groups in total. The average Bonchev–Trinajstić information content (AvgIpc) is 2.57. The van der Waals surface area contributed by atoms with Gasteiger partial charge in [-0.25, -0.2) is 0 Å². The Morgan fingerprint density at radius 1 is 1.12 bits per heavy atom. The number of halogens is 1. The first-order chi connectivity index (χ1) is 11.5. The van der Waals surface area contributed by atoms with Crippen LogP contribution in [0.1, 0.15) is 30.5 Å². The van der Waals surface area contributed by atoms with Crippen LogP contribution >= 0.6 is 15.9 Å². The lowest BCUT2D eigenvalue weighted by Crippen LogP contribution is -2.33. The predicted molar refractivity (Wildman–Crippen MR) is 98.1 cm³/mol. The van der Waals surface area contributed by atoms with Gasteiger partial charge in [0.05, 0.1) is 12.5 Å². The van der Waals surface area contributed by atoms with Gasteiger partial charge >= 0.3 is 0 Å². The number of carbonyl (C=O) groups excluding carboxylic acids is 2. The lowest BCUT2D eigenvalue weighted by molar-refractivity contribution is -0.129. The molecule has 4 nitrogen and oxygen atoms in total. The zero-order valence-electron chi connectivity index (χ0n) is 13.2. The molecule has 0 saturated carbocycles. The van der Waals surface area contributed by atoms with Crippen molar-refractivity contribution in [2.45, 2.75) is 19.4 Å². The molecule has 0 bridgehead atoms. The van der Waals surface area contributed by atoms with Gasteiger partial charge in [0.1, 0.15) is 0 Å². The fourth-order valence-electron chi connectivity index (χ4n) is 2.83. The summed E-state index contributed by atoms with van der Waals surface area (Å²) in [4.78, 5) is 26.0. The van der Waals surface area contributed by atoms with Crippen LogP contribution in [0.4, 0.5) is 5.69 Å². The lowest BCUT2D eigenvalue weighted by Gasteiger charge is -2.32. The topological polar surface area (TPSA) is 49.4 Å². The van der Waals surface area contributed by atoms with Crippen LogP contribution in [0.15, 0.2) is 59.2 Å². The zero-order chi connectivity index (χ0) is 17.1. The molecule has 1 heterocycles. The summed E-state index contributed by atoms with van der Waals surface area (Å²) in [5.41, 5.74) is 2.76. The maximum absolute atomic E-state index is 12.5. The van der Waals surface area contributed by atoms with Gasteiger partial charge in [0.2, 0.25) is 11.8 Å². The standard InChI is InChI=1S/C19H17BrN2O2/c1-13(23)22-11-10-14-4-2-3-5-17(14)18(22)12-19(24)21-16-8-6-15(20)7-9-16/h2-11,18H,12H2,1H3,(H,21,24). The van der Waals surface area contributed by atoms with Gasteiger partial charge in [0, 0.05) is 23.3 Å². The summed E-state index contributed by atoms with van der Waals surface area (Å²) in [5.74, 6) is -0.208. The molecule has 0 saturated heterocycles. The van der Waals surface area contributed by atoms with Gasteiger partial charge in [-0.3, -0.25) is 9.59 Å². The monoisotopic (exact) mass is 384 g/mol. The van der Waals surface area contributed by atoms with Crippen molar-refractivity contribution in [2.75, 3.05) is 5.32 Å². The number of rotatable bonds is 3. The van der Waals surface area contributed by atoms with Gasteiger partial charge in [-0.2, -0.15) is 0 Å². The Labute approximate surface area is 149 Å². The zero-order valence-corrected chi connectivity index (χ0v) is 14.8. The molecule has 5 heteroatoms. The first kappa shape index (κ1) is 16.5. The van der Waals surface area contributed by atoms with Crippen molar-refractivity contribution < 1.29 is 9.59 Å². The highest BCUT2D eigenvalue weighted by atomic mass is 79.9. The molecule has 2 aromatic carbocycles. The molecule has 24 heavy (non-hydrogen) atoms. The number of anilines is 1. The lowest BCUT2D eigenvalue weighted by atomic mass is 9.93. The third kappa shape index (κ3) is 3.57. The third-order valence-corrected chi connectivity index (χ3v) is 4.50. The van der Waals surface area contributed by atoms with E-state index in [0.717, 1.165) is 21.3 Å². The van der Waals surface area contributed by atoms with Crippen LogP contribution in [0.5, 0.6) is 0 Å². The molecule has 3 rings (SSSR count). The second-order valence-electron chi connectivity index (χ2n) is 5.65. The number of hydrogen-bond donors (Lipinski definition) is 1. The second-order valence-corrected chi connectivity index (χ2v) is 6.56. The minimum atomic E-state index is -0.292. The van der Waals surface area contributed by atoms with Gasteiger partial charge in [-0.1, -0.05) is 40.2 Å². The Kier molecular flexibility index (Phi) is 4.81. The van der Waals surface area contributed by atoms with Gasteiger partial charge < -0.3 is 10.2 Å². The van der Waals surface area contributed by atoms with Gasteiger partial charge in [-0.15, -0.1) is 0 Å². The second kappa shape index (κ2) is 7.01. The number of nitrogens with one attached hydrogen (secondary N) is 1. The molecule has 122 valence electrons. The highest BCUT2D eigenvalue weighted by Gasteiger charge is 2.28. The quantitative estimate of drug-likeness (QED) is 0.854. The van der Waals surface area contributed by atoms with E-state index in [-0.39, 0.29) is 24.3 Å². The van der Waals surface area contributed by atoms with Crippen molar-refractivity contribution in [3.05, 3.63) is 70.3 Å². The van der Waals surface area contributed by atoms with E-state index in [2.05, 4.69) is 21.2 Å². The summed E-state index contributed by atoms with van der Waals surface area (Å²) in [6, 6.07) is 14.9. The Morgan fingerprint density at radius 2 is 1.83 bits per heavy atom. The number of amides is 2. The summed E-state index contributed by atoms with van der Waals surface area (Å²) < 4.78 is 0.953. The number of hydrogen-bond acceptors (Lipinski definition) is 2. The van der Waals surface area contributed by atoms with Gasteiger partial charge in [0.25, 0.3) is 0 Å². The normalized spacial score (nSPS) is 15.8. The molecular weight excluding hydrogens is 368 g/mol. The third-order valence-electron chi connectivity index (χ3n) is 3.98. The van der Waals surface area contributed by atoms with Crippen LogP contribution in [0.3, 0.4) is 0 Å². The molecule has 0 spiro atoms. The number of nitrogens with zero attached hydrogens (tertiary/aromatic N) is 1. The van der Waals surface area contributed by atoms with Gasteiger partial charge in [0.15, 0.2) is 0 Å². The van der Waals surface area contributed by atoms with Crippen molar-refractivity contribution >= 4 is 39.5 Å². The first-order valence-electron chi connectivity index (χ1n) is 7.66. The van der Waals surface area contributed by atoms with E-state index >= 15 is 0 Å². The molecule has 2 aromatic rings. The van der Waals surface area contributed by atoms with E-state index in [1.165, 1.54) is 6.92 Å². The van der Waals surface area contributed by atoms with Crippen LogP contribution in [0.25, 0.3) is 6.08 Å². The number of carbonyl (C=O) groups is 2. The van der Waals surface area contributed by atoms with E-state index in [1.807, 2.05) is 54.6 Å². The summed E-state index contributed by atoms with van der Waals surface area (Å²) in [5, 5.41) is 2.88. The molecule has 1 atom stereocenters. The first-order valence-corrected chi connectivity index (χ1v) is 8.45. The van der Waals surface area contributed by atoms with Crippen LogP contribution in [-0.2, 0) is 9.59 Å². The van der Waals surface area contributed by atoms with E-state index < -0.39 is 0 Å². The maximum atomic E-state index is 12.5. The number of benzene rings is 2. The van der Waals surface area contributed by atoms with Crippen LogP contribution in [0.2, 0.25) is 0 Å². The van der Waals surface area contributed by atoms with Crippen molar-refractivity contribution in [1.29, 1.82) is 0 Å².